The molecule has 0 spiro atoms. The zero-order valence-corrected chi connectivity index (χ0v) is 13.9. The van der Waals surface area contributed by atoms with Crippen LogP contribution in [0.3, 0.4) is 0 Å². The summed E-state index contributed by atoms with van der Waals surface area (Å²) in [5.41, 5.74) is 5.60. The van der Waals surface area contributed by atoms with Gasteiger partial charge in [-0.1, -0.05) is 18.2 Å². The van der Waals surface area contributed by atoms with Crippen LogP contribution in [0.1, 0.15) is 17.5 Å². The predicted octanol–water partition coefficient (Wildman–Crippen LogP) is 3.87. The number of hydrogen-bond donors (Lipinski definition) is 2. The molecule has 6 heteroatoms. The van der Waals surface area contributed by atoms with Gasteiger partial charge in [-0.05, 0) is 35.8 Å². The highest BCUT2D eigenvalue weighted by atomic mass is 16.4. The van der Waals surface area contributed by atoms with Crippen molar-refractivity contribution in [3.05, 3.63) is 59.9 Å². The van der Waals surface area contributed by atoms with Gasteiger partial charge >= 0.3 is 6.09 Å². The zero-order chi connectivity index (χ0) is 18.1. The van der Waals surface area contributed by atoms with Gasteiger partial charge in [0.2, 0.25) is 0 Å². The van der Waals surface area contributed by atoms with Crippen LogP contribution < -0.4 is 0 Å². The number of nitriles is 1. The van der Waals surface area contributed by atoms with E-state index in [9.17, 15) is 4.79 Å². The number of nitrogens with zero attached hydrogens (tertiary/aromatic N) is 3. The third-order valence-electron chi connectivity index (χ3n) is 4.70. The monoisotopic (exact) mass is 344 g/mol. The summed E-state index contributed by atoms with van der Waals surface area (Å²) in [6, 6.07) is 11.6. The zero-order valence-electron chi connectivity index (χ0n) is 13.9. The summed E-state index contributed by atoms with van der Waals surface area (Å²) in [5.74, 6) is 0. The van der Waals surface area contributed by atoms with Crippen molar-refractivity contribution in [2.45, 2.75) is 6.42 Å². The van der Waals surface area contributed by atoms with Crippen molar-refractivity contribution in [2.75, 3.05) is 13.1 Å². The lowest BCUT2D eigenvalue weighted by atomic mass is 9.98. The molecule has 1 aliphatic heterocycles. The minimum Gasteiger partial charge on any atom is -0.465 e. The number of carboxylic acid groups (broad SMARTS) is 1. The molecule has 1 aromatic carbocycles. The fourth-order valence-electron chi connectivity index (χ4n) is 3.25. The van der Waals surface area contributed by atoms with Gasteiger partial charge in [-0.3, -0.25) is 0 Å². The molecule has 0 fully saturated rings. The van der Waals surface area contributed by atoms with E-state index in [-0.39, 0.29) is 0 Å². The Balaban J connectivity index is 1.71. The van der Waals surface area contributed by atoms with Crippen LogP contribution >= 0.6 is 0 Å². The van der Waals surface area contributed by atoms with Crippen LogP contribution in [0.15, 0.2) is 48.8 Å². The van der Waals surface area contributed by atoms with E-state index >= 15 is 0 Å². The van der Waals surface area contributed by atoms with E-state index in [4.69, 9.17) is 10.4 Å². The van der Waals surface area contributed by atoms with Crippen LogP contribution in [0.4, 0.5) is 4.79 Å². The molecule has 0 aliphatic carbocycles. The fourth-order valence-corrected chi connectivity index (χ4v) is 3.25. The Bertz CT molecular complexity index is 1060. The van der Waals surface area contributed by atoms with Gasteiger partial charge in [0.25, 0.3) is 0 Å². The quantitative estimate of drug-likeness (QED) is 0.738. The molecule has 0 unspecified atom stereocenters. The SMILES string of the molecule is N#Cc1ccc(-c2cnc3[nH]cc(C4=CCN(C(=O)O)CC4)c3c2)cc1. The second kappa shape index (κ2) is 6.37. The summed E-state index contributed by atoms with van der Waals surface area (Å²) in [5, 5.41) is 19.0. The third-order valence-corrected chi connectivity index (χ3v) is 4.70. The van der Waals surface area contributed by atoms with Crippen molar-refractivity contribution in [3.8, 4) is 17.2 Å². The Morgan fingerprint density at radius 3 is 2.73 bits per heavy atom. The van der Waals surface area contributed by atoms with Gasteiger partial charge in [-0.2, -0.15) is 5.26 Å². The lowest BCUT2D eigenvalue weighted by molar-refractivity contribution is 0.150. The molecule has 2 aromatic heterocycles. The molecule has 3 heterocycles. The number of fused-ring (bicyclic) bond motifs is 1. The second-order valence-electron chi connectivity index (χ2n) is 6.22. The first-order chi connectivity index (χ1) is 12.7. The number of nitrogens with one attached hydrogen (secondary N) is 1. The Labute approximate surface area is 150 Å². The van der Waals surface area contributed by atoms with E-state index in [0.29, 0.717) is 25.1 Å². The van der Waals surface area contributed by atoms with Crippen molar-refractivity contribution in [2.24, 2.45) is 0 Å². The molecule has 0 radical (unpaired) electrons. The molecule has 0 atom stereocenters. The molecule has 3 aromatic rings. The maximum Gasteiger partial charge on any atom is 0.407 e. The van der Waals surface area contributed by atoms with E-state index in [0.717, 1.165) is 33.3 Å². The molecule has 4 rings (SSSR count). The molecule has 6 nitrogen and oxygen atoms in total. The summed E-state index contributed by atoms with van der Waals surface area (Å²) in [6.45, 7) is 0.899. The minimum absolute atomic E-state index is 0.403. The lowest BCUT2D eigenvalue weighted by Crippen LogP contribution is -2.33. The summed E-state index contributed by atoms with van der Waals surface area (Å²) in [4.78, 5) is 20.2. The van der Waals surface area contributed by atoms with Gasteiger partial charge in [0, 0.05) is 42.0 Å². The highest BCUT2D eigenvalue weighted by Gasteiger charge is 2.19. The Morgan fingerprint density at radius 1 is 1.27 bits per heavy atom. The normalized spacial score (nSPS) is 14.1. The predicted molar refractivity (Wildman–Crippen MR) is 98.4 cm³/mol. The number of carbonyl (C=O) groups is 1. The van der Waals surface area contributed by atoms with Crippen LogP contribution in [0.25, 0.3) is 27.7 Å². The van der Waals surface area contributed by atoms with Crippen LogP contribution in [0.5, 0.6) is 0 Å². The maximum atomic E-state index is 11.1. The van der Waals surface area contributed by atoms with Gasteiger partial charge in [0.15, 0.2) is 0 Å². The van der Waals surface area contributed by atoms with Crippen LogP contribution in [0.2, 0.25) is 0 Å². The average molecular weight is 344 g/mol. The van der Waals surface area contributed by atoms with Crippen LogP contribution in [-0.4, -0.2) is 39.2 Å². The third kappa shape index (κ3) is 2.80. The van der Waals surface area contributed by atoms with E-state index in [1.54, 1.807) is 12.1 Å². The van der Waals surface area contributed by atoms with Crippen molar-refractivity contribution in [1.29, 1.82) is 5.26 Å². The molecule has 1 aliphatic rings. The van der Waals surface area contributed by atoms with Gasteiger partial charge in [-0.15, -0.1) is 0 Å². The van der Waals surface area contributed by atoms with E-state index in [2.05, 4.69) is 22.1 Å². The highest BCUT2D eigenvalue weighted by Crippen LogP contribution is 2.31. The Hall–Kier alpha value is -3.59. The summed E-state index contributed by atoms with van der Waals surface area (Å²) in [7, 11) is 0. The number of hydrogen-bond acceptors (Lipinski definition) is 3. The van der Waals surface area contributed by atoms with E-state index < -0.39 is 6.09 Å². The Morgan fingerprint density at radius 2 is 2.08 bits per heavy atom. The average Bonchev–Trinajstić information content (AvgIpc) is 3.11. The number of rotatable bonds is 2. The first kappa shape index (κ1) is 15.9. The van der Waals surface area contributed by atoms with Crippen LogP contribution in [-0.2, 0) is 0 Å². The molecular weight excluding hydrogens is 328 g/mol. The standard InChI is InChI=1S/C20H16N4O2/c21-10-13-1-3-14(4-2-13)16-9-17-18(12-23-19(17)22-11-16)15-5-7-24(8-6-15)20(25)26/h1-5,9,11-12H,6-8H2,(H,22,23)(H,25,26). The number of amides is 1. The first-order valence-corrected chi connectivity index (χ1v) is 8.30. The first-order valence-electron chi connectivity index (χ1n) is 8.30. The topological polar surface area (TPSA) is 93.0 Å². The highest BCUT2D eigenvalue weighted by molar-refractivity contribution is 5.93. The molecule has 1 amide bonds. The van der Waals surface area contributed by atoms with Crippen molar-refractivity contribution in [3.63, 3.8) is 0 Å². The van der Waals surface area contributed by atoms with Crippen LogP contribution in [0, 0.1) is 11.3 Å². The Kier molecular flexibility index (Phi) is 3.90. The molecule has 26 heavy (non-hydrogen) atoms. The van der Waals surface area contributed by atoms with E-state index in [1.165, 1.54) is 4.90 Å². The van der Waals surface area contributed by atoms with Gasteiger partial charge in [0.1, 0.15) is 5.65 Å². The van der Waals surface area contributed by atoms with Crippen molar-refractivity contribution >= 4 is 22.7 Å². The largest absolute Gasteiger partial charge is 0.465 e. The lowest BCUT2D eigenvalue weighted by Gasteiger charge is -2.23. The molecule has 0 saturated heterocycles. The van der Waals surface area contributed by atoms with Crippen molar-refractivity contribution < 1.29 is 9.90 Å². The fraction of sp³-hybridized carbons (Fsp3) is 0.150. The smallest absolute Gasteiger partial charge is 0.407 e. The molecule has 128 valence electrons. The molecule has 0 bridgehead atoms. The second-order valence-corrected chi connectivity index (χ2v) is 6.22. The van der Waals surface area contributed by atoms with Gasteiger partial charge in [-0.25, -0.2) is 9.78 Å². The molecular formula is C20H16N4O2. The number of aromatic amines is 1. The van der Waals surface area contributed by atoms with Crippen molar-refractivity contribution in [1.82, 2.24) is 14.9 Å². The maximum absolute atomic E-state index is 11.1. The summed E-state index contributed by atoms with van der Waals surface area (Å²) in [6.07, 6.45) is 5.51. The summed E-state index contributed by atoms with van der Waals surface area (Å²) >= 11 is 0. The molecule has 2 N–H and O–H groups in total. The number of aromatic nitrogens is 2. The minimum atomic E-state index is -0.885. The number of benzene rings is 1. The van der Waals surface area contributed by atoms with Gasteiger partial charge < -0.3 is 15.0 Å². The summed E-state index contributed by atoms with van der Waals surface area (Å²) < 4.78 is 0. The molecule has 0 saturated carbocycles. The van der Waals surface area contributed by atoms with Gasteiger partial charge in [0.05, 0.1) is 11.6 Å². The number of pyridine rings is 1. The number of H-pyrrole nitrogens is 1. The van der Waals surface area contributed by atoms with E-state index in [1.807, 2.05) is 30.6 Å².